The maximum Gasteiger partial charge on any atom is 0.323 e. The average Bonchev–Trinajstić information content (AvgIpc) is 2.37. The molecule has 0 atom stereocenters. The summed E-state index contributed by atoms with van der Waals surface area (Å²) in [5, 5.41) is 8.79. The summed E-state index contributed by atoms with van der Waals surface area (Å²) in [6, 6.07) is 5.35. The van der Waals surface area contributed by atoms with Crippen LogP contribution in [-0.4, -0.2) is 48.0 Å². The standard InChI is InChI=1S/C14H18N2O5/c1-9-3-4-11(21-2)10(5-9)6-13(18)16(7-12(15)17)8-14(19)20/h3-5H,6-8H2,1-2H3,(H2,15,17)(H,19,20). The Hall–Kier alpha value is -2.57. The molecule has 114 valence electrons. The quantitative estimate of drug-likeness (QED) is 0.732. The van der Waals surface area contributed by atoms with E-state index in [1.807, 2.05) is 13.0 Å². The smallest absolute Gasteiger partial charge is 0.323 e. The fourth-order valence-electron chi connectivity index (χ4n) is 1.90. The summed E-state index contributed by atoms with van der Waals surface area (Å²) in [5.74, 6) is -1.94. The molecule has 0 aromatic heterocycles. The molecule has 0 fully saturated rings. The zero-order valence-electron chi connectivity index (χ0n) is 12.0. The third-order valence-electron chi connectivity index (χ3n) is 2.80. The van der Waals surface area contributed by atoms with Gasteiger partial charge >= 0.3 is 5.97 Å². The first-order valence-electron chi connectivity index (χ1n) is 6.25. The number of rotatable bonds is 7. The predicted octanol–water partition coefficient (Wildman–Crippen LogP) is -0.0554. The molecule has 0 aliphatic heterocycles. The lowest BCUT2D eigenvalue weighted by Gasteiger charge is -2.19. The van der Waals surface area contributed by atoms with E-state index in [4.69, 9.17) is 15.6 Å². The fraction of sp³-hybridized carbons (Fsp3) is 0.357. The van der Waals surface area contributed by atoms with Gasteiger partial charge in [0.25, 0.3) is 0 Å². The SMILES string of the molecule is COc1ccc(C)cc1CC(=O)N(CC(N)=O)CC(=O)O. The molecule has 21 heavy (non-hydrogen) atoms. The number of carboxylic acids is 1. The highest BCUT2D eigenvalue weighted by Gasteiger charge is 2.20. The fourth-order valence-corrected chi connectivity index (χ4v) is 1.90. The minimum atomic E-state index is -1.21. The van der Waals surface area contributed by atoms with Crippen LogP contribution in [0.5, 0.6) is 5.75 Å². The first-order chi connectivity index (χ1) is 9.83. The number of carbonyl (C=O) groups excluding carboxylic acids is 2. The largest absolute Gasteiger partial charge is 0.496 e. The average molecular weight is 294 g/mol. The summed E-state index contributed by atoms with van der Waals surface area (Å²) < 4.78 is 5.16. The normalized spacial score (nSPS) is 10.0. The predicted molar refractivity (Wildman–Crippen MR) is 74.8 cm³/mol. The van der Waals surface area contributed by atoms with Crippen LogP contribution in [0.25, 0.3) is 0 Å². The van der Waals surface area contributed by atoms with Crippen molar-refractivity contribution in [1.82, 2.24) is 4.90 Å². The zero-order valence-corrected chi connectivity index (χ0v) is 12.0. The Kier molecular flexibility index (Phi) is 5.71. The van der Waals surface area contributed by atoms with Crippen molar-refractivity contribution in [2.75, 3.05) is 20.2 Å². The van der Waals surface area contributed by atoms with Crippen molar-refractivity contribution in [3.05, 3.63) is 29.3 Å². The summed E-state index contributed by atoms with van der Waals surface area (Å²) in [5.41, 5.74) is 6.60. The van der Waals surface area contributed by atoms with E-state index in [2.05, 4.69) is 0 Å². The van der Waals surface area contributed by atoms with E-state index < -0.39 is 30.9 Å². The number of hydrogen-bond donors (Lipinski definition) is 2. The number of aryl methyl sites for hydroxylation is 1. The highest BCUT2D eigenvalue weighted by Crippen LogP contribution is 2.20. The lowest BCUT2D eigenvalue weighted by molar-refractivity contribution is -0.145. The van der Waals surface area contributed by atoms with Crippen molar-refractivity contribution in [2.24, 2.45) is 5.73 Å². The van der Waals surface area contributed by atoms with Crippen LogP contribution in [0.3, 0.4) is 0 Å². The van der Waals surface area contributed by atoms with E-state index in [0.717, 1.165) is 10.5 Å². The van der Waals surface area contributed by atoms with Gasteiger partial charge in [0.05, 0.1) is 20.1 Å². The lowest BCUT2D eigenvalue weighted by atomic mass is 10.1. The van der Waals surface area contributed by atoms with E-state index in [1.165, 1.54) is 7.11 Å². The van der Waals surface area contributed by atoms with Gasteiger partial charge in [0.15, 0.2) is 0 Å². The number of nitrogens with two attached hydrogens (primary N) is 1. The maximum absolute atomic E-state index is 12.2. The topological polar surface area (TPSA) is 110 Å². The van der Waals surface area contributed by atoms with Crippen LogP contribution in [-0.2, 0) is 20.8 Å². The van der Waals surface area contributed by atoms with Crippen molar-refractivity contribution < 1.29 is 24.2 Å². The van der Waals surface area contributed by atoms with Crippen LogP contribution in [0.2, 0.25) is 0 Å². The molecule has 1 rings (SSSR count). The summed E-state index contributed by atoms with van der Waals surface area (Å²) in [4.78, 5) is 34.8. The van der Waals surface area contributed by atoms with E-state index in [1.54, 1.807) is 12.1 Å². The van der Waals surface area contributed by atoms with Crippen LogP contribution in [0.15, 0.2) is 18.2 Å². The van der Waals surface area contributed by atoms with E-state index >= 15 is 0 Å². The molecule has 0 aliphatic carbocycles. The van der Waals surface area contributed by atoms with Gasteiger partial charge in [-0.15, -0.1) is 0 Å². The van der Waals surface area contributed by atoms with Crippen LogP contribution >= 0.6 is 0 Å². The van der Waals surface area contributed by atoms with Crippen LogP contribution in [0.1, 0.15) is 11.1 Å². The molecule has 3 N–H and O–H groups in total. The van der Waals surface area contributed by atoms with Gasteiger partial charge < -0.3 is 20.5 Å². The van der Waals surface area contributed by atoms with E-state index in [0.29, 0.717) is 11.3 Å². The van der Waals surface area contributed by atoms with Gasteiger partial charge in [0, 0.05) is 5.56 Å². The second-order valence-electron chi connectivity index (χ2n) is 4.60. The van der Waals surface area contributed by atoms with Gasteiger partial charge in [-0.1, -0.05) is 17.7 Å². The van der Waals surface area contributed by atoms with Gasteiger partial charge in [0.1, 0.15) is 12.3 Å². The lowest BCUT2D eigenvalue weighted by Crippen LogP contribution is -2.42. The number of nitrogens with zero attached hydrogens (tertiary/aromatic N) is 1. The minimum absolute atomic E-state index is 0.0641. The van der Waals surface area contributed by atoms with E-state index in [-0.39, 0.29) is 6.42 Å². The molecule has 0 unspecified atom stereocenters. The van der Waals surface area contributed by atoms with Gasteiger partial charge in [-0.05, 0) is 13.0 Å². The summed E-state index contributed by atoms with van der Waals surface area (Å²) in [6.45, 7) is 0.862. The molecule has 1 aromatic rings. The molecule has 0 saturated carbocycles. The Morgan fingerprint density at radius 1 is 1.29 bits per heavy atom. The highest BCUT2D eigenvalue weighted by atomic mass is 16.5. The van der Waals surface area contributed by atoms with E-state index in [9.17, 15) is 14.4 Å². The summed E-state index contributed by atoms with van der Waals surface area (Å²) >= 11 is 0. The number of methoxy groups -OCH3 is 1. The first-order valence-corrected chi connectivity index (χ1v) is 6.25. The van der Waals surface area contributed by atoms with Gasteiger partial charge in [0.2, 0.25) is 11.8 Å². The monoisotopic (exact) mass is 294 g/mol. The molecular formula is C14H18N2O5. The molecule has 0 radical (unpaired) electrons. The number of hydrogen-bond acceptors (Lipinski definition) is 4. The molecule has 7 heteroatoms. The van der Waals surface area contributed by atoms with Gasteiger partial charge in [-0.25, -0.2) is 0 Å². The number of aliphatic carboxylic acids is 1. The summed E-state index contributed by atoms with van der Waals surface area (Å²) in [7, 11) is 1.48. The van der Waals surface area contributed by atoms with Crippen molar-refractivity contribution >= 4 is 17.8 Å². The number of carboxylic acid groups (broad SMARTS) is 1. The molecule has 7 nitrogen and oxygen atoms in total. The Morgan fingerprint density at radius 2 is 1.95 bits per heavy atom. The number of amides is 2. The number of carbonyl (C=O) groups is 3. The van der Waals surface area contributed by atoms with Crippen molar-refractivity contribution in [3.8, 4) is 5.75 Å². The number of benzene rings is 1. The molecular weight excluding hydrogens is 276 g/mol. The molecule has 0 bridgehead atoms. The Bertz CT molecular complexity index is 540. The second-order valence-corrected chi connectivity index (χ2v) is 4.60. The van der Waals surface area contributed by atoms with Crippen molar-refractivity contribution in [3.63, 3.8) is 0 Å². The highest BCUT2D eigenvalue weighted by molar-refractivity contribution is 5.88. The molecule has 0 heterocycles. The van der Waals surface area contributed by atoms with Crippen LogP contribution in [0.4, 0.5) is 0 Å². The molecule has 0 spiro atoms. The number of ether oxygens (including phenoxy) is 1. The van der Waals surface area contributed by atoms with Gasteiger partial charge in [-0.3, -0.25) is 14.4 Å². The van der Waals surface area contributed by atoms with Crippen molar-refractivity contribution in [2.45, 2.75) is 13.3 Å². The maximum atomic E-state index is 12.2. The first kappa shape index (κ1) is 16.5. The molecule has 0 saturated heterocycles. The van der Waals surface area contributed by atoms with Gasteiger partial charge in [-0.2, -0.15) is 0 Å². The Labute approximate surface area is 122 Å². The zero-order chi connectivity index (χ0) is 16.0. The Balaban J connectivity index is 2.92. The third kappa shape index (κ3) is 5.13. The Morgan fingerprint density at radius 3 is 2.48 bits per heavy atom. The van der Waals surface area contributed by atoms with Crippen molar-refractivity contribution in [1.29, 1.82) is 0 Å². The number of primary amides is 1. The second kappa shape index (κ2) is 7.28. The molecule has 1 aromatic carbocycles. The molecule has 0 aliphatic rings. The minimum Gasteiger partial charge on any atom is -0.496 e. The van der Waals surface area contributed by atoms with Crippen LogP contribution < -0.4 is 10.5 Å². The van der Waals surface area contributed by atoms with Crippen LogP contribution in [0, 0.1) is 6.92 Å². The molecule has 2 amide bonds. The third-order valence-corrected chi connectivity index (χ3v) is 2.80. The summed E-state index contributed by atoms with van der Waals surface area (Å²) in [6.07, 6.45) is -0.0641.